The summed E-state index contributed by atoms with van der Waals surface area (Å²) >= 11 is 11.1. The van der Waals surface area contributed by atoms with E-state index in [1.54, 1.807) is 27.6 Å². The molecule has 0 radical (unpaired) electrons. The second-order valence-corrected chi connectivity index (χ2v) is 5.42. The highest BCUT2D eigenvalue weighted by Crippen LogP contribution is 2.18. The molecule has 0 saturated heterocycles. The Bertz CT molecular complexity index is 690. The molecule has 0 atom stereocenters. The van der Waals surface area contributed by atoms with Crippen LogP contribution in [0.15, 0.2) is 35.4 Å². The summed E-state index contributed by atoms with van der Waals surface area (Å²) in [5.74, 6) is 0. The number of aromatic nitrogens is 2. The van der Waals surface area contributed by atoms with Crippen molar-refractivity contribution in [2.75, 3.05) is 0 Å². The minimum Gasteiger partial charge on any atom is -0.389 e. The van der Waals surface area contributed by atoms with E-state index in [2.05, 4.69) is 0 Å². The summed E-state index contributed by atoms with van der Waals surface area (Å²) in [6, 6.07) is 5.39. The summed E-state index contributed by atoms with van der Waals surface area (Å²) < 4.78 is 3.33. The zero-order chi connectivity index (χ0) is 14.7. The maximum Gasteiger partial charge on any atom is 0.328 e. The monoisotopic (exact) mass is 309 g/mol. The maximum atomic E-state index is 12.1. The van der Waals surface area contributed by atoms with Gasteiger partial charge in [-0.3, -0.25) is 9.13 Å². The lowest BCUT2D eigenvalue weighted by Crippen LogP contribution is -2.24. The highest BCUT2D eigenvalue weighted by atomic mass is 35.5. The molecular formula is C14H16ClN3OS. The van der Waals surface area contributed by atoms with Crippen molar-refractivity contribution in [2.24, 2.45) is 5.73 Å². The molecule has 2 rings (SSSR count). The smallest absolute Gasteiger partial charge is 0.328 e. The summed E-state index contributed by atoms with van der Waals surface area (Å²) in [4.78, 5) is 12.4. The van der Waals surface area contributed by atoms with E-state index in [9.17, 15) is 4.79 Å². The lowest BCUT2D eigenvalue weighted by molar-refractivity contribution is 0.624. The Morgan fingerprint density at radius 2 is 2.05 bits per heavy atom. The summed E-state index contributed by atoms with van der Waals surface area (Å²) in [6.45, 7) is 3.20. The number of benzene rings is 1. The Kier molecular flexibility index (Phi) is 4.62. The minimum absolute atomic E-state index is 0.0265. The predicted molar refractivity (Wildman–Crippen MR) is 85.4 cm³/mol. The SMILES string of the molecule is CCCn1ccn(Cc2ccc(C(N)=S)cc2Cl)c1=O. The van der Waals surface area contributed by atoms with Gasteiger partial charge in [-0.1, -0.05) is 42.9 Å². The number of imidazole rings is 1. The third-order valence-corrected chi connectivity index (χ3v) is 3.65. The largest absolute Gasteiger partial charge is 0.389 e. The van der Waals surface area contributed by atoms with Gasteiger partial charge in [0.15, 0.2) is 0 Å². The van der Waals surface area contributed by atoms with E-state index in [0.717, 1.165) is 24.1 Å². The first-order chi connectivity index (χ1) is 9.52. The molecule has 0 saturated carbocycles. The first kappa shape index (κ1) is 14.8. The Morgan fingerprint density at radius 3 is 2.65 bits per heavy atom. The fourth-order valence-electron chi connectivity index (χ4n) is 2.00. The molecule has 4 nitrogen and oxygen atoms in total. The van der Waals surface area contributed by atoms with Crippen molar-refractivity contribution in [3.05, 3.63) is 57.2 Å². The normalized spacial score (nSPS) is 10.7. The molecule has 20 heavy (non-hydrogen) atoms. The molecule has 1 heterocycles. The van der Waals surface area contributed by atoms with Crippen LogP contribution in [0.4, 0.5) is 0 Å². The zero-order valence-electron chi connectivity index (χ0n) is 11.2. The Hall–Kier alpha value is -1.59. The van der Waals surface area contributed by atoms with Crippen LogP contribution in [0.3, 0.4) is 0 Å². The fourth-order valence-corrected chi connectivity index (χ4v) is 2.36. The average molecular weight is 310 g/mol. The van der Waals surface area contributed by atoms with E-state index in [0.29, 0.717) is 16.6 Å². The van der Waals surface area contributed by atoms with E-state index in [1.165, 1.54) is 0 Å². The Labute approximate surface area is 127 Å². The molecule has 2 aromatic rings. The van der Waals surface area contributed by atoms with Gasteiger partial charge in [-0.05, 0) is 18.1 Å². The molecule has 2 N–H and O–H groups in total. The highest BCUT2D eigenvalue weighted by Gasteiger charge is 2.07. The number of hydrogen-bond acceptors (Lipinski definition) is 2. The summed E-state index contributed by atoms with van der Waals surface area (Å²) in [6.07, 6.45) is 4.49. The van der Waals surface area contributed by atoms with Crippen LogP contribution in [0.25, 0.3) is 0 Å². The van der Waals surface area contributed by atoms with Gasteiger partial charge in [-0.2, -0.15) is 0 Å². The van der Waals surface area contributed by atoms with Crippen LogP contribution < -0.4 is 11.4 Å². The quantitative estimate of drug-likeness (QED) is 0.863. The first-order valence-corrected chi connectivity index (χ1v) is 7.15. The number of rotatable bonds is 5. The van der Waals surface area contributed by atoms with E-state index < -0.39 is 0 Å². The van der Waals surface area contributed by atoms with Gasteiger partial charge >= 0.3 is 5.69 Å². The number of halogens is 1. The minimum atomic E-state index is -0.0265. The molecule has 0 fully saturated rings. The molecular weight excluding hydrogens is 294 g/mol. The van der Waals surface area contributed by atoms with Crippen molar-refractivity contribution in [3.63, 3.8) is 0 Å². The standard InChI is InChI=1S/C14H16ClN3OS/c1-2-5-17-6-7-18(14(17)19)9-11-4-3-10(13(16)20)8-12(11)15/h3-4,6-8H,2,5,9H2,1H3,(H2,16,20). The van der Waals surface area contributed by atoms with Gasteiger partial charge in [0.25, 0.3) is 0 Å². The highest BCUT2D eigenvalue weighted by molar-refractivity contribution is 7.80. The molecule has 106 valence electrons. The van der Waals surface area contributed by atoms with Crippen LogP contribution in [0, 0.1) is 0 Å². The Morgan fingerprint density at radius 1 is 1.35 bits per heavy atom. The molecule has 0 aliphatic carbocycles. The van der Waals surface area contributed by atoms with E-state index in [4.69, 9.17) is 29.6 Å². The van der Waals surface area contributed by atoms with Gasteiger partial charge in [0.1, 0.15) is 4.99 Å². The molecule has 0 aliphatic rings. The van der Waals surface area contributed by atoms with Crippen LogP contribution in [0.1, 0.15) is 24.5 Å². The van der Waals surface area contributed by atoms with Crippen molar-refractivity contribution in [2.45, 2.75) is 26.4 Å². The van der Waals surface area contributed by atoms with Crippen LogP contribution in [-0.2, 0) is 13.1 Å². The van der Waals surface area contributed by atoms with Crippen LogP contribution in [0.2, 0.25) is 5.02 Å². The number of aryl methyl sites for hydroxylation is 1. The van der Waals surface area contributed by atoms with Crippen molar-refractivity contribution in [3.8, 4) is 0 Å². The molecule has 1 aromatic carbocycles. The van der Waals surface area contributed by atoms with Crippen molar-refractivity contribution in [1.29, 1.82) is 0 Å². The maximum absolute atomic E-state index is 12.1. The predicted octanol–water partition coefficient (Wildman–Crippen LogP) is 2.40. The molecule has 6 heteroatoms. The Balaban J connectivity index is 2.26. The number of nitrogens with zero attached hydrogens (tertiary/aromatic N) is 2. The van der Waals surface area contributed by atoms with Gasteiger partial charge in [-0.15, -0.1) is 0 Å². The number of nitrogens with two attached hydrogens (primary N) is 1. The van der Waals surface area contributed by atoms with Gasteiger partial charge in [0.05, 0.1) is 6.54 Å². The van der Waals surface area contributed by atoms with E-state index in [-0.39, 0.29) is 5.69 Å². The van der Waals surface area contributed by atoms with Gasteiger partial charge in [0, 0.05) is 29.5 Å². The van der Waals surface area contributed by atoms with Crippen molar-refractivity contribution in [1.82, 2.24) is 9.13 Å². The third kappa shape index (κ3) is 3.11. The topological polar surface area (TPSA) is 52.9 Å². The molecule has 0 unspecified atom stereocenters. The van der Waals surface area contributed by atoms with Gasteiger partial charge in [-0.25, -0.2) is 4.79 Å². The molecule has 0 spiro atoms. The van der Waals surface area contributed by atoms with Crippen molar-refractivity contribution >= 4 is 28.8 Å². The summed E-state index contributed by atoms with van der Waals surface area (Å²) in [5.41, 5.74) is 7.12. The first-order valence-electron chi connectivity index (χ1n) is 6.36. The molecule has 0 amide bonds. The van der Waals surface area contributed by atoms with E-state index in [1.807, 2.05) is 19.1 Å². The molecule has 0 aliphatic heterocycles. The summed E-state index contributed by atoms with van der Waals surface area (Å²) in [7, 11) is 0. The second kappa shape index (κ2) is 6.24. The van der Waals surface area contributed by atoms with Crippen LogP contribution in [0.5, 0.6) is 0 Å². The average Bonchev–Trinajstić information content (AvgIpc) is 2.74. The second-order valence-electron chi connectivity index (χ2n) is 4.57. The fraction of sp³-hybridized carbons (Fsp3) is 0.286. The third-order valence-electron chi connectivity index (χ3n) is 3.06. The van der Waals surface area contributed by atoms with Gasteiger partial charge < -0.3 is 5.73 Å². The van der Waals surface area contributed by atoms with Crippen LogP contribution >= 0.6 is 23.8 Å². The lowest BCUT2D eigenvalue weighted by atomic mass is 10.1. The van der Waals surface area contributed by atoms with Crippen molar-refractivity contribution < 1.29 is 0 Å². The van der Waals surface area contributed by atoms with Gasteiger partial charge in [0.2, 0.25) is 0 Å². The zero-order valence-corrected chi connectivity index (χ0v) is 12.7. The molecule has 1 aromatic heterocycles. The lowest BCUT2D eigenvalue weighted by Gasteiger charge is -2.07. The number of hydrogen-bond donors (Lipinski definition) is 1. The number of thiocarbonyl (C=S) groups is 1. The molecule has 0 bridgehead atoms. The van der Waals surface area contributed by atoms with E-state index >= 15 is 0 Å². The van der Waals surface area contributed by atoms with Crippen LogP contribution in [-0.4, -0.2) is 14.1 Å². The summed E-state index contributed by atoms with van der Waals surface area (Å²) in [5, 5.41) is 0.561.